The summed E-state index contributed by atoms with van der Waals surface area (Å²) < 4.78 is 10.6. The fourth-order valence-electron chi connectivity index (χ4n) is 2.66. The molecule has 0 bridgehead atoms. The zero-order chi connectivity index (χ0) is 19.9. The first-order chi connectivity index (χ1) is 13.6. The highest BCUT2D eigenvalue weighted by molar-refractivity contribution is 6.19. The second-order valence-corrected chi connectivity index (χ2v) is 5.88. The summed E-state index contributed by atoms with van der Waals surface area (Å²) in [6, 6.07) is 10.2. The number of benzene rings is 1. The normalized spacial score (nSPS) is 10.8. The summed E-state index contributed by atoms with van der Waals surface area (Å²) in [7, 11) is 1.42. The number of carbonyl (C=O) groups is 1. The summed E-state index contributed by atoms with van der Waals surface area (Å²) in [6.07, 6.45) is 8.02. The predicted octanol–water partition coefficient (Wildman–Crippen LogP) is 3.27. The molecule has 7 nitrogen and oxygen atoms in total. The van der Waals surface area contributed by atoms with E-state index < -0.39 is 0 Å². The Morgan fingerprint density at radius 2 is 2.18 bits per heavy atom. The SMILES string of the molecule is COc1c(C(=O)NCc2ccco2)ccc(N)c1C(=[N-])/C=C/c1cccnc1. The van der Waals surface area contributed by atoms with E-state index in [1.807, 2.05) is 6.07 Å². The molecule has 0 saturated heterocycles. The van der Waals surface area contributed by atoms with E-state index in [1.165, 1.54) is 19.4 Å². The van der Waals surface area contributed by atoms with E-state index in [4.69, 9.17) is 14.9 Å². The van der Waals surface area contributed by atoms with E-state index >= 15 is 0 Å². The molecule has 3 aromatic rings. The van der Waals surface area contributed by atoms with Gasteiger partial charge in [0.2, 0.25) is 0 Å². The number of aromatic nitrogens is 1. The van der Waals surface area contributed by atoms with Crippen LogP contribution in [0.3, 0.4) is 0 Å². The number of nitrogens with two attached hydrogens (primary N) is 1. The van der Waals surface area contributed by atoms with Gasteiger partial charge in [-0.2, -0.15) is 0 Å². The Hall–Kier alpha value is -3.87. The molecule has 2 heterocycles. The van der Waals surface area contributed by atoms with Crippen LogP contribution in [0.4, 0.5) is 5.69 Å². The van der Waals surface area contributed by atoms with Crippen molar-refractivity contribution in [3.63, 3.8) is 0 Å². The number of carbonyl (C=O) groups excluding carboxylic acids is 1. The van der Waals surface area contributed by atoms with Crippen LogP contribution in [0.2, 0.25) is 0 Å². The average Bonchev–Trinajstić information content (AvgIpc) is 3.24. The van der Waals surface area contributed by atoms with Gasteiger partial charge in [0.05, 0.1) is 25.5 Å². The molecule has 0 aliphatic carbocycles. The summed E-state index contributed by atoms with van der Waals surface area (Å²) in [4.78, 5) is 16.6. The lowest BCUT2D eigenvalue weighted by atomic mass is 10.0. The number of hydrogen-bond acceptors (Lipinski definition) is 5. The Morgan fingerprint density at radius 1 is 1.32 bits per heavy atom. The largest absolute Gasteiger partial charge is 0.803 e. The van der Waals surface area contributed by atoms with E-state index in [1.54, 1.807) is 48.8 Å². The zero-order valence-electron chi connectivity index (χ0n) is 15.3. The number of methoxy groups -OCH3 is 1. The monoisotopic (exact) mass is 375 g/mol. The van der Waals surface area contributed by atoms with Gasteiger partial charge in [-0.05, 0) is 35.9 Å². The molecule has 0 radical (unpaired) electrons. The predicted molar refractivity (Wildman–Crippen MR) is 108 cm³/mol. The fraction of sp³-hybridized carbons (Fsp3) is 0.0952. The lowest BCUT2D eigenvalue weighted by molar-refractivity contribution is 0.0945. The van der Waals surface area contributed by atoms with Crippen molar-refractivity contribution in [2.75, 3.05) is 12.8 Å². The van der Waals surface area contributed by atoms with Crippen LogP contribution in [0.1, 0.15) is 27.2 Å². The molecule has 0 fully saturated rings. The number of nitrogens with one attached hydrogen (secondary N) is 1. The molecule has 0 aliphatic heterocycles. The summed E-state index contributed by atoms with van der Waals surface area (Å²) in [5.74, 6) is 0.431. The number of hydrogen-bond donors (Lipinski definition) is 2. The Morgan fingerprint density at radius 3 is 2.86 bits per heavy atom. The molecular formula is C21H19N4O3-. The molecule has 0 unspecified atom stereocenters. The van der Waals surface area contributed by atoms with Crippen LogP contribution in [-0.2, 0) is 6.54 Å². The standard InChI is InChI=1S/C21H19N4O3/c1-27-20-16(21(26)25-13-15-5-3-11-28-15)7-9-18(23)19(20)17(22)8-6-14-4-2-10-24-12-14/h2-12H,13,23H2,1H3,(H,25,26)/q-1/b8-6+. The van der Waals surface area contributed by atoms with Crippen molar-refractivity contribution in [1.29, 1.82) is 0 Å². The second-order valence-electron chi connectivity index (χ2n) is 5.88. The van der Waals surface area contributed by atoms with Crippen LogP contribution in [0.25, 0.3) is 11.5 Å². The average molecular weight is 375 g/mol. The van der Waals surface area contributed by atoms with E-state index in [0.717, 1.165) is 5.56 Å². The minimum atomic E-state index is -0.376. The van der Waals surface area contributed by atoms with Gasteiger partial charge in [0.15, 0.2) is 0 Å². The second kappa shape index (κ2) is 8.68. The minimum Gasteiger partial charge on any atom is -0.803 e. The molecule has 0 spiro atoms. The smallest absolute Gasteiger partial charge is 0.255 e. The van der Waals surface area contributed by atoms with Crippen molar-refractivity contribution in [2.45, 2.75) is 6.54 Å². The van der Waals surface area contributed by atoms with Crippen molar-refractivity contribution in [3.05, 3.63) is 89.0 Å². The summed E-state index contributed by atoms with van der Waals surface area (Å²) in [5.41, 5.74) is 7.49. The number of pyridine rings is 1. The number of ether oxygens (including phenoxy) is 1. The molecule has 0 saturated carbocycles. The molecule has 2 aromatic heterocycles. The van der Waals surface area contributed by atoms with Gasteiger partial charge in [-0.15, -0.1) is 5.71 Å². The highest BCUT2D eigenvalue weighted by Crippen LogP contribution is 2.30. The molecule has 3 rings (SSSR count). The van der Waals surface area contributed by atoms with Crippen LogP contribution in [-0.4, -0.2) is 23.7 Å². The molecule has 28 heavy (non-hydrogen) atoms. The van der Waals surface area contributed by atoms with Crippen molar-refractivity contribution in [2.24, 2.45) is 0 Å². The number of nitrogens with zero attached hydrogens (tertiary/aromatic N) is 2. The van der Waals surface area contributed by atoms with Crippen molar-refractivity contribution < 1.29 is 13.9 Å². The number of anilines is 1. The van der Waals surface area contributed by atoms with Crippen LogP contribution < -0.4 is 15.8 Å². The maximum Gasteiger partial charge on any atom is 0.255 e. The quantitative estimate of drug-likeness (QED) is 0.486. The first-order valence-corrected chi connectivity index (χ1v) is 8.51. The van der Waals surface area contributed by atoms with Gasteiger partial charge in [0.1, 0.15) is 11.5 Å². The number of allylic oxidation sites excluding steroid dienone is 1. The van der Waals surface area contributed by atoms with Crippen molar-refractivity contribution in [3.8, 4) is 5.75 Å². The fourth-order valence-corrected chi connectivity index (χ4v) is 2.66. The molecule has 0 aliphatic rings. The summed E-state index contributed by atoms with van der Waals surface area (Å²) >= 11 is 0. The van der Waals surface area contributed by atoms with Crippen LogP contribution in [0.5, 0.6) is 5.75 Å². The molecule has 0 atom stereocenters. The summed E-state index contributed by atoms with van der Waals surface area (Å²) in [5, 5.41) is 13.3. The van der Waals surface area contributed by atoms with Crippen molar-refractivity contribution in [1.82, 2.24) is 10.3 Å². The maximum absolute atomic E-state index is 12.6. The first kappa shape index (κ1) is 18.9. The third-order valence-electron chi connectivity index (χ3n) is 4.02. The van der Waals surface area contributed by atoms with Crippen molar-refractivity contribution >= 4 is 23.4 Å². The van der Waals surface area contributed by atoms with Gasteiger partial charge < -0.3 is 25.6 Å². The summed E-state index contributed by atoms with van der Waals surface area (Å²) in [6.45, 7) is 0.227. The number of rotatable bonds is 7. The topological polar surface area (TPSA) is 113 Å². The van der Waals surface area contributed by atoms with Gasteiger partial charge in [-0.3, -0.25) is 9.78 Å². The van der Waals surface area contributed by atoms with Gasteiger partial charge in [-0.25, -0.2) is 0 Å². The number of nitrogen functional groups attached to an aromatic ring is 1. The Kier molecular flexibility index (Phi) is 5.86. The van der Waals surface area contributed by atoms with E-state index in [0.29, 0.717) is 5.76 Å². The number of furan rings is 1. The lowest BCUT2D eigenvalue weighted by Crippen LogP contribution is -2.24. The van der Waals surface area contributed by atoms with Gasteiger partial charge in [0, 0.05) is 23.6 Å². The van der Waals surface area contributed by atoms with Gasteiger partial charge in [-0.1, -0.05) is 18.2 Å². The van der Waals surface area contributed by atoms with E-state index in [9.17, 15) is 10.2 Å². The van der Waals surface area contributed by atoms with Crippen LogP contribution >= 0.6 is 0 Å². The number of amides is 1. The zero-order valence-corrected chi connectivity index (χ0v) is 15.3. The van der Waals surface area contributed by atoms with Gasteiger partial charge in [0.25, 0.3) is 5.91 Å². The van der Waals surface area contributed by atoms with Crippen LogP contribution in [0.15, 0.2) is 65.5 Å². The molecule has 3 N–H and O–H groups in total. The Balaban J connectivity index is 1.86. The van der Waals surface area contributed by atoms with Gasteiger partial charge >= 0.3 is 0 Å². The molecular weight excluding hydrogens is 356 g/mol. The third kappa shape index (κ3) is 4.27. The molecule has 142 valence electrons. The first-order valence-electron chi connectivity index (χ1n) is 8.51. The third-order valence-corrected chi connectivity index (χ3v) is 4.02. The molecule has 1 aromatic carbocycles. The van der Waals surface area contributed by atoms with E-state index in [2.05, 4.69) is 10.3 Å². The minimum absolute atomic E-state index is 0.126. The van der Waals surface area contributed by atoms with E-state index in [-0.39, 0.29) is 40.7 Å². The maximum atomic E-state index is 12.6. The highest BCUT2D eigenvalue weighted by atomic mass is 16.5. The highest BCUT2D eigenvalue weighted by Gasteiger charge is 2.18. The molecule has 7 heteroatoms. The Bertz CT molecular complexity index is 996. The molecule has 1 amide bonds. The Labute approximate surface area is 162 Å². The van der Waals surface area contributed by atoms with Crippen LogP contribution in [0, 0.1) is 0 Å². The lowest BCUT2D eigenvalue weighted by Gasteiger charge is -2.19.